The molecule has 72 valence electrons. The molecular weight excluding hydrogens is 216 g/mol. The third-order valence-corrected chi connectivity index (χ3v) is 0.556. The molecule has 0 atom stereocenters. The minimum absolute atomic E-state index is 0. The van der Waals surface area contributed by atoms with Gasteiger partial charge in [-0.05, 0) is 0 Å². The molecule has 0 saturated heterocycles. The first-order valence-electron chi connectivity index (χ1n) is 1.67. The molecule has 0 radical (unpaired) electrons. The Bertz CT molecular complexity index is 61.3. The number of hydrogen-bond acceptors (Lipinski definition) is 0. The van der Waals surface area contributed by atoms with Crippen LogP contribution in [0.15, 0.2) is 30.3 Å². The molecule has 0 unspecified atom stereocenters. The minimum atomic E-state index is 0. The van der Waals surface area contributed by atoms with Crippen LogP contribution >= 0.6 is 0 Å². The molecule has 0 bridgehead atoms. The van der Waals surface area contributed by atoms with E-state index in [-0.39, 0.29) is 58.2 Å². The van der Waals surface area contributed by atoms with Gasteiger partial charge in [0, 0.05) is 21.1 Å². The number of hydrogen-bond donors (Lipinski definition) is 0. The van der Waals surface area contributed by atoms with Crippen molar-refractivity contribution >= 4 is 0 Å². The predicted octanol–water partition coefficient (Wildman–Crippen LogP) is 3.65. The van der Waals surface area contributed by atoms with Gasteiger partial charge >= 0.3 is 0 Å². The molecule has 0 heterocycles. The van der Waals surface area contributed by atoms with Crippen LogP contribution < -0.4 is 0 Å². The molecule has 0 saturated carbocycles. The van der Waals surface area contributed by atoms with Gasteiger partial charge in [0.2, 0.25) is 0 Å². The molecule has 0 fully saturated rings. The van der Waals surface area contributed by atoms with Gasteiger partial charge in [-0.3, -0.25) is 0 Å². The summed E-state index contributed by atoms with van der Waals surface area (Å²) in [6.07, 6.45) is 0. The van der Waals surface area contributed by atoms with Gasteiger partial charge < -0.3 is 37.1 Å². The summed E-state index contributed by atoms with van der Waals surface area (Å²) in [7, 11) is 0. The average Bonchev–Trinajstić information content (AvgIpc) is 1.76. The molecule has 1 rings (SSSR count). The molecular formula is C10H20Mo-6. The molecule has 0 aliphatic carbocycles. The van der Waals surface area contributed by atoms with Gasteiger partial charge in [-0.2, -0.15) is 18.2 Å². The van der Waals surface area contributed by atoms with Gasteiger partial charge in [-0.15, -0.1) is 0 Å². The molecule has 0 nitrogen and oxygen atoms in total. The predicted molar refractivity (Wildman–Crippen MR) is 54.1 cm³/mol. The van der Waals surface area contributed by atoms with E-state index in [0.29, 0.717) is 0 Å². The Morgan fingerprint density at radius 1 is 0.636 bits per heavy atom. The molecule has 11 heavy (non-hydrogen) atoms. The summed E-state index contributed by atoms with van der Waals surface area (Å²) in [4.78, 5) is 0. The van der Waals surface area contributed by atoms with Crippen LogP contribution in [-0.4, -0.2) is 0 Å². The molecule has 1 aromatic rings. The zero-order valence-electron chi connectivity index (χ0n) is 8.29. The third-order valence-electron chi connectivity index (χ3n) is 0.556. The van der Waals surface area contributed by atoms with Crippen molar-refractivity contribution < 1.29 is 21.1 Å². The van der Waals surface area contributed by atoms with E-state index in [1.165, 1.54) is 0 Å². The van der Waals surface area contributed by atoms with Gasteiger partial charge in [0.05, 0.1) is 0 Å². The minimum Gasteiger partial charge on any atom is -0.358 e. The quantitative estimate of drug-likeness (QED) is 0.476. The van der Waals surface area contributed by atoms with Crippen molar-refractivity contribution in [1.29, 1.82) is 0 Å². The first-order valence-corrected chi connectivity index (χ1v) is 1.67. The van der Waals surface area contributed by atoms with Crippen molar-refractivity contribution in [2.75, 3.05) is 0 Å². The van der Waals surface area contributed by atoms with Crippen LogP contribution in [0.3, 0.4) is 0 Å². The van der Waals surface area contributed by atoms with Crippen LogP contribution in [-0.2, 0) is 21.1 Å². The molecule has 0 amide bonds. The fraction of sp³-hybridized carbons (Fsp3) is 0. The van der Waals surface area contributed by atoms with Gasteiger partial charge in [-0.25, -0.2) is 12.1 Å². The fourth-order valence-corrected chi connectivity index (χ4v) is 0.321. The van der Waals surface area contributed by atoms with Crippen molar-refractivity contribution in [3.63, 3.8) is 0 Å². The first kappa shape index (κ1) is 43.8. The number of rotatable bonds is 0. The molecule has 0 spiro atoms. The van der Waals surface area contributed by atoms with Crippen LogP contribution in [0.2, 0.25) is 0 Å². The maximum absolute atomic E-state index is 2.00. The van der Waals surface area contributed by atoms with E-state index >= 15 is 0 Å². The average molecular weight is 236 g/mol. The van der Waals surface area contributed by atoms with Crippen molar-refractivity contribution in [3.05, 3.63) is 67.5 Å². The van der Waals surface area contributed by atoms with Crippen LogP contribution in [0.25, 0.3) is 0 Å². The second kappa shape index (κ2) is 32.3. The van der Waals surface area contributed by atoms with Gasteiger partial charge in [0.1, 0.15) is 0 Å². The summed E-state index contributed by atoms with van der Waals surface area (Å²) in [5.41, 5.74) is 0. The van der Waals surface area contributed by atoms with E-state index in [4.69, 9.17) is 0 Å². The Morgan fingerprint density at radius 3 is 1.00 bits per heavy atom. The van der Waals surface area contributed by atoms with Crippen LogP contribution in [0.5, 0.6) is 0 Å². The van der Waals surface area contributed by atoms with E-state index in [1.54, 1.807) is 0 Å². The maximum Gasteiger partial charge on any atom is 0 e. The van der Waals surface area contributed by atoms with Crippen molar-refractivity contribution in [3.8, 4) is 0 Å². The zero-order valence-corrected chi connectivity index (χ0v) is 10.3. The molecule has 1 aromatic carbocycles. The molecule has 1 heteroatoms. The van der Waals surface area contributed by atoms with E-state index in [1.807, 2.05) is 30.3 Å². The summed E-state index contributed by atoms with van der Waals surface area (Å²) >= 11 is 0. The second-order valence-electron chi connectivity index (χ2n) is 0.962. The van der Waals surface area contributed by atoms with Gasteiger partial charge in [0.15, 0.2) is 0 Å². The van der Waals surface area contributed by atoms with Gasteiger partial charge in [0.25, 0.3) is 0 Å². The van der Waals surface area contributed by atoms with Crippen molar-refractivity contribution in [2.45, 2.75) is 0 Å². The zero-order chi connectivity index (χ0) is 3.54. The molecule has 0 aliphatic rings. The van der Waals surface area contributed by atoms with Crippen LogP contribution in [0, 0.1) is 37.1 Å². The SMILES string of the molecule is [CH3-].[CH3-].[CH3-].[CH3-].[CH3-].[Mo].c1cc[cH-]c1. The largest absolute Gasteiger partial charge is 0.358 e. The van der Waals surface area contributed by atoms with E-state index in [2.05, 4.69) is 0 Å². The fourth-order valence-electron chi connectivity index (χ4n) is 0.321. The Labute approximate surface area is 88.7 Å². The third kappa shape index (κ3) is 25.6. The monoisotopic (exact) mass is 238 g/mol. The van der Waals surface area contributed by atoms with E-state index < -0.39 is 0 Å². The standard InChI is InChI=1S/C5H5.5CH3.Mo/c1-2-4-5-3-1;;;;;;/h1-5H;5*1H3;/q6*-1;. The Kier molecular flexibility index (Phi) is 129. The van der Waals surface area contributed by atoms with E-state index in [0.717, 1.165) is 0 Å². The van der Waals surface area contributed by atoms with Crippen LogP contribution in [0.1, 0.15) is 0 Å². The Morgan fingerprint density at radius 2 is 0.909 bits per heavy atom. The summed E-state index contributed by atoms with van der Waals surface area (Å²) in [5.74, 6) is 0. The summed E-state index contributed by atoms with van der Waals surface area (Å²) in [6.45, 7) is 0. The Hall–Kier alpha value is 0.0383. The summed E-state index contributed by atoms with van der Waals surface area (Å²) in [6, 6.07) is 10.0. The molecule has 0 aromatic heterocycles. The van der Waals surface area contributed by atoms with E-state index in [9.17, 15) is 0 Å². The maximum atomic E-state index is 2.00. The summed E-state index contributed by atoms with van der Waals surface area (Å²) in [5, 5.41) is 0. The first-order chi connectivity index (χ1) is 2.50. The smallest absolute Gasteiger partial charge is 0 e. The topological polar surface area (TPSA) is 0 Å². The normalized spacial score (nSPS) is 3.64. The summed E-state index contributed by atoms with van der Waals surface area (Å²) < 4.78 is 0. The van der Waals surface area contributed by atoms with Crippen molar-refractivity contribution in [2.24, 2.45) is 0 Å². The Balaban J connectivity index is -0.0000000104. The van der Waals surface area contributed by atoms with Gasteiger partial charge in [-0.1, -0.05) is 0 Å². The second-order valence-corrected chi connectivity index (χ2v) is 0.962. The van der Waals surface area contributed by atoms with Crippen LogP contribution in [0.4, 0.5) is 0 Å². The molecule has 0 N–H and O–H groups in total. The van der Waals surface area contributed by atoms with Crippen molar-refractivity contribution in [1.82, 2.24) is 0 Å². The molecule has 0 aliphatic heterocycles.